The Bertz CT molecular complexity index is 741. The summed E-state index contributed by atoms with van der Waals surface area (Å²) in [4.78, 5) is 4.94. The van der Waals surface area contributed by atoms with Gasteiger partial charge in [0.15, 0.2) is 0 Å². The van der Waals surface area contributed by atoms with E-state index in [1.165, 1.54) is 18.4 Å². The number of nitrogens with zero attached hydrogens (tertiary/aromatic N) is 1. The Morgan fingerprint density at radius 1 is 1.19 bits per heavy atom. The van der Waals surface area contributed by atoms with Gasteiger partial charge >= 0.3 is 0 Å². The number of hydrogen-bond acceptors (Lipinski definition) is 3. The molecule has 1 aliphatic rings. The first-order valence-corrected chi connectivity index (χ1v) is 9.14. The van der Waals surface area contributed by atoms with E-state index >= 15 is 0 Å². The Morgan fingerprint density at radius 2 is 1.96 bits per heavy atom. The van der Waals surface area contributed by atoms with Crippen LogP contribution in [0.25, 0.3) is 0 Å². The molecule has 0 aliphatic heterocycles. The van der Waals surface area contributed by atoms with Crippen molar-refractivity contribution in [2.75, 3.05) is 13.9 Å². The molecule has 0 saturated heterocycles. The van der Waals surface area contributed by atoms with Gasteiger partial charge in [-0.1, -0.05) is 42.5 Å². The van der Waals surface area contributed by atoms with E-state index in [0.29, 0.717) is 11.5 Å². The third kappa shape index (κ3) is 5.23. The zero-order valence-electron chi connectivity index (χ0n) is 15.5. The molecule has 0 N–H and O–H groups in total. The first kappa shape index (κ1) is 18.7. The Hall–Kier alpha value is -2.04. The highest BCUT2D eigenvalue weighted by atomic mass is 19.1. The fourth-order valence-electron chi connectivity index (χ4n) is 2.96. The standard InChI is InChI=1S/C22H26FNO2/c1-16(18-6-4-3-5-7-18)24-22(12-17-8-9-17)19-10-11-20(21(23)13-19)14-26-15-25-2/h3-7,10-11,13,16-17H,8-9,12,14-15H2,1-2H3. The molecule has 0 spiro atoms. The van der Waals surface area contributed by atoms with Crippen molar-refractivity contribution in [1.29, 1.82) is 0 Å². The summed E-state index contributed by atoms with van der Waals surface area (Å²) in [6.45, 7) is 2.45. The smallest absolute Gasteiger partial charge is 0.146 e. The Balaban J connectivity index is 1.81. The third-order valence-corrected chi connectivity index (χ3v) is 4.66. The van der Waals surface area contributed by atoms with Crippen molar-refractivity contribution in [2.45, 2.75) is 38.8 Å². The van der Waals surface area contributed by atoms with E-state index in [9.17, 15) is 4.39 Å². The van der Waals surface area contributed by atoms with Crippen LogP contribution in [0.2, 0.25) is 0 Å². The lowest BCUT2D eigenvalue weighted by Crippen LogP contribution is -2.07. The van der Waals surface area contributed by atoms with Crippen LogP contribution in [0.5, 0.6) is 0 Å². The molecule has 0 radical (unpaired) electrons. The zero-order chi connectivity index (χ0) is 18.4. The van der Waals surface area contributed by atoms with E-state index in [0.717, 1.165) is 17.7 Å². The second-order valence-corrected chi connectivity index (χ2v) is 6.87. The van der Waals surface area contributed by atoms with E-state index in [4.69, 9.17) is 14.5 Å². The van der Waals surface area contributed by atoms with E-state index in [1.807, 2.05) is 24.3 Å². The van der Waals surface area contributed by atoms with Gasteiger partial charge in [-0.25, -0.2) is 4.39 Å². The summed E-state index contributed by atoms with van der Waals surface area (Å²) in [6.07, 6.45) is 3.39. The molecule has 4 heteroatoms. The lowest BCUT2D eigenvalue weighted by Gasteiger charge is -2.13. The molecule has 1 fully saturated rings. The number of rotatable bonds is 9. The highest BCUT2D eigenvalue weighted by molar-refractivity contribution is 6.01. The van der Waals surface area contributed by atoms with Gasteiger partial charge in [-0.3, -0.25) is 4.99 Å². The molecule has 1 aliphatic carbocycles. The fourth-order valence-corrected chi connectivity index (χ4v) is 2.96. The molecule has 1 saturated carbocycles. The highest BCUT2D eigenvalue weighted by Crippen LogP contribution is 2.34. The quantitative estimate of drug-likeness (QED) is 0.347. The molecule has 3 rings (SSSR count). The summed E-state index contributed by atoms with van der Waals surface area (Å²) >= 11 is 0. The SMILES string of the molecule is COCOCc1ccc(C(CC2CC2)=NC(C)c2ccccc2)cc1F. The lowest BCUT2D eigenvalue weighted by atomic mass is 10.0. The Morgan fingerprint density at radius 3 is 2.62 bits per heavy atom. The van der Waals surface area contributed by atoms with Gasteiger partial charge < -0.3 is 9.47 Å². The minimum absolute atomic E-state index is 0.0534. The molecule has 26 heavy (non-hydrogen) atoms. The fraction of sp³-hybridized carbons (Fsp3) is 0.409. The number of hydrogen-bond donors (Lipinski definition) is 0. The van der Waals surface area contributed by atoms with Crippen molar-refractivity contribution < 1.29 is 13.9 Å². The largest absolute Gasteiger partial charge is 0.359 e. The van der Waals surface area contributed by atoms with Gasteiger partial charge in [-0.2, -0.15) is 0 Å². The van der Waals surface area contributed by atoms with Crippen LogP contribution in [-0.4, -0.2) is 19.6 Å². The average molecular weight is 355 g/mol. The predicted molar refractivity (Wildman–Crippen MR) is 102 cm³/mol. The topological polar surface area (TPSA) is 30.8 Å². The normalized spacial score (nSPS) is 15.9. The van der Waals surface area contributed by atoms with Gasteiger partial charge in [-0.05, 0) is 49.3 Å². The highest BCUT2D eigenvalue weighted by Gasteiger charge is 2.24. The molecule has 2 aromatic rings. The van der Waals surface area contributed by atoms with E-state index in [2.05, 4.69) is 19.1 Å². The maximum Gasteiger partial charge on any atom is 0.146 e. The third-order valence-electron chi connectivity index (χ3n) is 4.66. The lowest BCUT2D eigenvalue weighted by molar-refractivity contribution is -0.0398. The maximum atomic E-state index is 14.5. The van der Waals surface area contributed by atoms with Crippen molar-refractivity contribution in [3.63, 3.8) is 0 Å². The number of halogens is 1. The van der Waals surface area contributed by atoms with Crippen LogP contribution >= 0.6 is 0 Å². The minimum atomic E-state index is -0.255. The molecule has 0 heterocycles. The van der Waals surface area contributed by atoms with Crippen LogP contribution in [0, 0.1) is 11.7 Å². The number of aliphatic imine (C=N–C) groups is 1. The van der Waals surface area contributed by atoms with Gasteiger partial charge in [0.1, 0.15) is 12.6 Å². The van der Waals surface area contributed by atoms with E-state index in [-0.39, 0.29) is 25.3 Å². The average Bonchev–Trinajstić information content (AvgIpc) is 3.47. The summed E-state index contributed by atoms with van der Waals surface area (Å²) in [7, 11) is 1.55. The molecule has 2 aromatic carbocycles. The molecule has 0 bridgehead atoms. The van der Waals surface area contributed by atoms with Crippen LogP contribution in [0.1, 0.15) is 48.9 Å². The number of benzene rings is 2. The summed E-state index contributed by atoms with van der Waals surface area (Å²) in [6, 6.07) is 15.6. The van der Waals surface area contributed by atoms with Crippen LogP contribution < -0.4 is 0 Å². The first-order chi connectivity index (χ1) is 12.7. The molecular formula is C22H26FNO2. The van der Waals surface area contributed by atoms with Crippen LogP contribution in [0.3, 0.4) is 0 Å². The van der Waals surface area contributed by atoms with Gasteiger partial charge in [-0.15, -0.1) is 0 Å². The summed E-state index contributed by atoms with van der Waals surface area (Å²) in [5.41, 5.74) is 3.57. The summed E-state index contributed by atoms with van der Waals surface area (Å²) in [5, 5.41) is 0. The van der Waals surface area contributed by atoms with Gasteiger partial charge in [0.25, 0.3) is 0 Å². The predicted octanol–water partition coefficient (Wildman–Crippen LogP) is 5.30. The summed E-state index contributed by atoms with van der Waals surface area (Å²) < 4.78 is 24.6. The van der Waals surface area contributed by atoms with Crippen molar-refractivity contribution in [3.8, 4) is 0 Å². The Kier molecular flexibility index (Phi) is 6.53. The second kappa shape index (κ2) is 9.06. The summed E-state index contributed by atoms with van der Waals surface area (Å²) in [5.74, 6) is 0.430. The van der Waals surface area contributed by atoms with Crippen LogP contribution in [0.15, 0.2) is 53.5 Å². The maximum absolute atomic E-state index is 14.5. The molecule has 0 amide bonds. The van der Waals surface area contributed by atoms with Gasteiger partial charge in [0.05, 0.1) is 12.6 Å². The van der Waals surface area contributed by atoms with Crippen molar-refractivity contribution >= 4 is 5.71 Å². The molecule has 1 unspecified atom stereocenters. The van der Waals surface area contributed by atoms with Gasteiger partial charge in [0, 0.05) is 18.4 Å². The van der Waals surface area contributed by atoms with E-state index < -0.39 is 0 Å². The van der Waals surface area contributed by atoms with Crippen molar-refractivity contribution in [1.82, 2.24) is 0 Å². The molecular weight excluding hydrogens is 329 g/mol. The molecule has 1 atom stereocenters. The van der Waals surface area contributed by atoms with Crippen LogP contribution in [-0.2, 0) is 16.1 Å². The molecule has 3 nitrogen and oxygen atoms in total. The van der Waals surface area contributed by atoms with Crippen LogP contribution in [0.4, 0.5) is 4.39 Å². The molecule has 0 aromatic heterocycles. The monoisotopic (exact) mass is 355 g/mol. The Labute approximate surface area is 154 Å². The van der Waals surface area contributed by atoms with Gasteiger partial charge in [0.2, 0.25) is 0 Å². The van der Waals surface area contributed by atoms with E-state index in [1.54, 1.807) is 19.2 Å². The minimum Gasteiger partial charge on any atom is -0.359 e. The number of methoxy groups -OCH3 is 1. The molecule has 138 valence electrons. The van der Waals surface area contributed by atoms with Crippen molar-refractivity contribution in [3.05, 3.63) is 71.0 Å². The van der Waals surface area contributed by atoms with Crippen molar-refractivity contribution in [2.24, 2.45) is 10.9 Å². The zero-order valence-corrected chi connectivity index (χ0v) is 15.5. The second-order valence-electron chi connectivity index (χ2n) is 6.87. The first-order valence-electron chi connectivity index (χ1n) is 9.14. The number of ether oxygens (including phenoxy) is 2.